The minimum atomic E-state index is -1.43. The van der Waals surface area contributed by atoms with E-state index in [1.54, 1.807) is 25.2 Å². The van der Waals surface area contributed by atoms with Crippen LogP contribution in [-0.2, 0) is 5.60 Å². The van der Waals surface area contributed by atoms with Crippen LogP contribution in [0.3, 0.4) is 0 Å². The van der Waals surface area contributed by atoms with Crippen LogP contribution in [0.1, 0.15) is 35.5 Å². The second-order valence-corrected chi connectivity index (χ2v) is 9.01. The largest absolute Gasteiger partial charge is 0.386 e. The summed E-state index contributed by atoms with van der Waals surface area (Å²) >= 11 is 0.935. The molecule has 2 heterocycles. The van der Waals surface area contributed by atoms with Gasteiger partial charge in [-0.05, 0) is 56.5 Å². The zero-order chi connectivity index (χ0) is 25.2. The molecule has 1 aromatic carbocycles. The number of pyridine rings is 1. The molecule has 0 aliphatic carbocycles. The Hall–Kier alpha value is -3.67. The van der Waals surface area contributed by atoms with Crippen LogP contribution in [0.5, 0.6) is 0 Å². The normalized spacial score (nSPS) is 11.9. The van der Waals surface area contributed by atoms with Crippen molar-refractivity contribution in [3.05, 3.63) is 71.1 Å². The maximum atomic E-state index is 14.9. The average molecular weight is 487 g/mol. The van der Waals surface area contributed by atoms with Gasteiger partial charge in [0.2, 0.25) is 0 Å². The van der Waals surface area contributed by atoms with Crippen LogP contribution in [0.2, 0.25) is 0 Å². The van der Waals surface area contributed by atoms with Gasteiger partial charge in [0, 0.05) is 18.1 Å². The number of amides is 1. The summed E-state index contributed by atoms with van der Waals surface area (Å²) in [4.78, 5) is 20.5. The van der Waals surface area contributed by atoms with Crippen molar-refractivity contribution in [2.75, 3.05) is 12.4 Å². The molecule has 0 saturated carbocycles. The van der Waals surface area contributed by atoms with Crippen LogP contribution < -0.4 is 16.9 Å². The zero-order valence-electron chi connectivity index (χ0n) is 18.8. The highest BCUT2D eigenvalue weighted by Gasteiger charge is 2.24. The van der Waals surface area contributed by atoms with Crippen molar-refractivity contribution < 1.29 is 18.7 Å². The Morgan fingerprint density at radius 1 is 1.29 bits per heavy atom. The third kappa shape index (κ3) is 5.45. The minimum absolute atomic E-state index is 0.0388. The van der Waals surface area contributed by atoms with Crippen molar-refractivity contribution in [2.45, 2.75) is 19.4 Å². The zero-order valence-corrected chi connectivity index (χ0v) is 19.6. The van der Waals surface area contributed by atoms with Crippen LogP contribution in [-0.4, -0.2) is 34.8 Å². The number of hydrogen-bond donors (Lipinski definition) is 4. The van der Waals surface area contributed by atoms with Crippen LogP contribution in [0.25, 0.3) is 16.1 Å². The summed E-state index contributed by atoms with van der Waals surface area (Å²) in [6, 6.07) is 8.46. The standard InChI is InChI=1S/C23H24F2N6O2S/c1-23(2,33)12-8-14(24)20(15(25)9-12)18-10-13(21(26)32)22(34-18)30-19-7-5-6-16(29-19)17(28-3)11-31(4)27/h5-11,33H,3,27H2,1-2,4H3,(H2,26,32)(H,29,30)/b17-11-. The lowest BCUT2D eigenvalue weighted by molar-refractivity contribution is 0.0778. The fourth-order valence-corrected chi connectivity index (χ4v) is 4.21. The molecule has 3 rings (SSSR count). The molecule has 0 aliphatic heterocycles. The van der Waals surface area contributed by atoms with Crippen molar-refractivity contribution in [3.8, 4) is 10.4 Å². The number of nitrogens with zero attached hydrogens (tertiary/aromatic N) is 3. The van der Waals surface area contributed by atoms with Crippen LogP contribution in [0.15, 0.2) is 47.6 Å². The molecule has 0 saturated heterocycles. The van der Waals surface area contributed by atoms with Gasteiger partial charge in [0.1, 0.15) is 28.2 Å². The highest BCUT2D eigenvalue weighted by molar-refractivity contribution is 7.20. The number of halogens is 2. The van der Waals surface area contributed by atoms with Crippen LogP contribution in [0, 0.1) is 11.6 Å². The number of anilines is 2. The molecular weight excluding hydrogens is 462 g/mol. The molecule has 0 radical (unpaired) electrons. The number of nitrogens with two attached hydrogens (primary N) is 2. The van der Waals surface area contributed by atoms with E-state index in [2.05, 4.69) is 22.0 Å². The minimum Gasteiger partial charge on any atom is -0.386 e. The molecule has 0 unspecified atom stereocenters. The number of aromatic nitrogens is 1. The van der Waals surface area contributed by atoms with E-state index in [-0.39, 0.29) is 26.6 Å². The van der Waals surface area contributed by atoms with Gasteiger partial charge in [0.15, 0.2) is 0 Å². The number of aliphatic hydroxyl groups is 1. The number of hydrogen-bond acceptors (Lipinski definition) is 8. The number of thiophene rings is 1. The number of aliphatic imine (C=N–C) groups is 1. The molecule has 2 aromatic heterocycles. The Morgan fingerprint density at radius 2 is 1.94 bits per heavy atom. The first-order chi connectivity index (χ1) is 15.9. The van der Waals surface area contributed by atoms with E-state index in [1.165, 1.54) is 31.1 Å². The predicted octanol–water partition coefficient (Wildman–Crippen LogP) is 3.96. The SMILES string of the molecule is C=N/C(=C\N(C)N)c1cccc(Nc2sc(-c3c(F)cc(C(C)(C)O)cc3F)cc2C(N)=O)n1. The maximum absolute atomic E-state index is 14.9. The third-order valence-electron chi connectivity index (χ3n) is 4.74. The van der Waals surface area contributed by atoms with Crippen molar-refractivity contribution in [2.24, 2.45) is 16.6 Å². The number of benzene rings is 1. The Bertz CT molecular complexity index is 1260. The quantitative estimate of drug-likeness (QED) is 0.217. The van der Waals surface area contributed by atoms with Crippen molar-refractivity contribution in [1.82, 2.24) is 9.99 Å². The summed E-state index contributed by atoms with van der Waals surface area (Å²) in [5.41, 5.74) is 4.73. The van der Waals surface area contributed by atoms with Gasteiger partial charge in [0.25, 0.3) is 5.91 Å². The van der Waals surface area contributed by atoms with Crippen LogP contribution >= 0.6 is 11.3 Å². The second-order valence-electron chi connectivity index (χ2n) is 7.96. The molecule has 34 heavy (non-hydrogen) atoms. The summed E-state index contributed by atoms with van der Waals surface area (Å²) < 4.78 is 29.7. The highest BCUT2D eigenvalue weighted by atomic mass is 32.1. The van der Waals surface area contributed by atoms with Gasteiger partial charge in [-0.1, -0.05) is 6.07 Å². The maximum Gasteiger partial charge on any atom is 0.251 e. The number of nitrogens with one attached hydrogen (secondary N) is 1. The first-order valence-electron chi connectivity index (χ1n) is 9.97. The second kappa shape index (κ2) is 9.67. The molecule has 0 bridgehead atoms. The Kier molecular flexibility index (Phi) is 7.10. The summed E-state index contributed by atoms with van der Waals surface area (Å²) in [7, 11) is 1.62. The van der Waals surface area contributed by atoms with Crippen molar-refractivity contribution in [1.29, 1.82) is 0 Å². The summed E-state index contributed by atoms with van der Waals surface area (Å²) in [5, 5.41) is 14.6. The fraction of sp³-hybridized carbons (Fsp3) is 0.174. The number of primary amides is 1. The molecule has 0 spiro atoms. The molecule has 11 heteroatoms. The predicted molar refractivity (Wildman–Crippen MR) is 130 cm³/mol. The fourth-order valence-electron chi connectivity index (χ4n) is 3.10. The van der Waals surface area contributed by atoms with Gasteiger partial charge in [-0.15, -0.1) is 11.3 Å². The van der Waals surface area contributed by atoms with E-state index in [0.29, 0.717) is 17.2 Å². The number of hydrazine groups is 1. The monoisotopic (exact) mass is 486 g/mol. The molecule has 6 N–H and O–H groups in total. The van der Waals surface area contributed by atoms with E-state index < -0.39 is 23.1 Å². The molecule has 3 aromatic rings. The van der Waals surface area contributed by atoms with Crippen LogP contribution in [0.4, 0.5) is 19.6 Å². The van der Waals surface area contributed by atoms with E-state index in [0.717, 1.165) is 23.5 Å². The van der Waals surface area contributed by atoms with Gasteiger partial charge in [-0.25, -0.2) is 19.6 Å². The smallest absolute Gasteiger partial charge is 0.251 e. The molecule has 1 amide bonds. The summed E-state index contributed by atoms with van der Waals surface area (Å²) in [6.07, 6.45) is 1.53. The average Bonchev–Trinajstić information content (AvgIpc) is 3.14. The van der Waals surface area contributed by atoms with Crippen molar-refractivity contribution in [3.63, 3.8) is 0 Å². The van der Waals surface area contributed by atoms with Gasteiger partial charge in [-0.2, -0.15) is 0 Å². The topological polar surface area (TPSA) is 130 Å². The van der Waals surface area contributed by atoms with Gasteiger partial charge in [0.05, 0.1) is 22.4 Å². The van der Waals surface area contributed by atoms with E-state index in [4.69, 9.17) is 11.6 Å². The Labute approximate surface area is 199 Å². The highest BCUT2D eigenvalue weighted by Crippen LogP contribution is 2.40. The van der Waals surface area contributed by atoms with Gasteiger partial charge in [-0.3, -0.25) is 9.79 Å². The van der Waals surface area contributed by atoms with E-state index in [1.807, 2.05) is 0 Å². The number of carbonyl (C=O) groups is 1. The molecule has 0 atom stereocenters. The van der Waals surface area contributed by atoms with Gasteiger partial charge < -0.3 is 21.2 Å². The summed E-state index contributed by atoms with van der Waals surface area (Å²) in [6.45, 7) is 6.36. The lowest BCUT2D eigenvalue weighted by atomic mass is 9.96. The van der Waals surface area contributed by atoms with E-state index >= 15 is 0 Å². The van der Waals surface area contributed by atoms with E-state index in [9.17, 15) is 18.7 Å². The van der Waals surface area contributed by atoms with Gasteiger partial charge >= 0.3 is 0 Å². The molecule has 178 valence electrons. The first-order valence-corrected chi connectivity index (χ1v) is 10.8. The molecule has 0 fully saturated rings. The first kappa shape index (κ1) is 25.0. The number of carbonyl (C=O) groups excluding carboxylic acids is 1. The molecular formula is C23H24F2N6O2S. The molecule has 0 aliphatic rings. The third-order valence-corrected chi connectivity index (χ3v) is 5.81. The Morgan fingerprint density at radius 3 is 2.47 bits per heavy atom. The summed E-state index contributed by atoms with van der Waals surface area (Å²) in [5.74, 6) is 3.44. The number of rotatable bonds is 8. The van der Waals surface area contributed by atoms with Crippen molar-refractivity contribution >= 4 is 40.5 Å². The Balaban J connectivity index is 2.04. The molecule has 8 nitrogen and oxygen atoms in total. The lowest BCUT2D eigenvalue weighted by Gasteiger charge is -2.18. The lowest BCUT2D eigenvalue weighted by Crippen LogP contribution is -2.19.